The zero-order valence-corrected chi connectivity index (χ0v) is 13.1. The molecule has 3 heterocycles. The molecule has 1 saturated heterocycles. The largest absolute Gasteiger partial charge is 0.344 e. The van der Waals surface area contributed by atoms with Crippen LogP contribution in [0.1, 0.15) is 36.9 Å². The van der Waals surface area contributed by atoms with Crippen LogP contribution in [0.15, 0.2) is 23.1 Å². The average Bonchev–Trinajstić information content (AvgIpc) is 3.06. The average molecular weight is 316 g/mol. The summed E-state index contributed by atoms with van der Waals surface area (Å²) in [5.41, 5.74) is 0.469. The highest BCUT2D eigenvalue weighted by molar-refractivity contribution is 5.90. The number of carbonyl (C=O) groups excluding carboxylic acids is 1. The fourth-order valence-electron chi connectivity index (χ4n) is 2.69. The van der Waals surface area contributed by atoms with Crippen molar-refractivity contribution in [3.8, 4) is 11.5 Å². The Kier molecular flexibility index (Phi) is 4.92. The third-order valence-corrected chi connectivity index (χ3v) is 3.77. The summed E-state index contributed by atoms with van der Waals surface area (Å²) in [6.45, 7) is 5.00. The molecule has 0 unspecified atom stereocenters. The number of piperidine rings is 1. The minimum atomic E-state index is -0.364. The Balaban J connectivity index is 1.56. The monoisotopic (exact) mass is 316 g/mol. The van der Waals surface area contributed by atoms with Gasteiger partial charge in [0.1, 0.15) is 5.69 Å². The fraction of sp³-hybridized carbons (Fsp3) is 0.533. The van der Waals surface area contributed by atoms with E-state index in [-0.39, 0.29) is 23.7 Å². The van der Waals surface area contributed by atoms with E-state index in [0.717, 1.165) is 19.6 Å². The minimum absolute atomic E-state index is 0.0208. The first kappa shape index (κ1) is 15.5. The summed E-state index contributed by atoms with van der Waals surface area (Å²) in [6, 6.07) is 0.0208. The maximum Gasteiger partial charge on any atom is 0.316 e. The zero-order chi connectivity index (χ0) is 16.1. The van der Waals surface area contributed by atoms with Crippen molar-refractivity contribution in [2.45, 2.75) is 32.2 Å². The molecule has 1 aliphatic heterocycles. The predicted molar refractivity (Wildman–Crippen MR) is 82.5 cm³/mol. The van der Waals surface area contributed by atoms with Gasteiger partial charge in [0.25, 0.3) is 0 Å². The van der Waals surface area contributed by atoms with Gasteiger partial charge in [0.05, 0.1) is 6.20 Å². The van der Waals surface area contributed by atoms with Crippen LogP contribution in [0.5, 0.6) is 0 Å². The number of rotatable bonds is 5. The molecule has 1 aliphatic rings. The van der Waals surface area contributed by atoms with E-state index in [1.54, 1.807) is 6.20 Å². The van der Waals surface area contributed by atoms with Crippen molar-refractivity contribution in [3.05, 3.63) is 24.5 Å². The Hall–Kier alpha value is -2.35. The van der Waals surface area contributed by atoms with Gasteiger partial charge in [-0.2, -0.15) is 4.98 Å². The first-order valence-corrected chi connectivity index (χ1v) is 7.85. The Morgan fingerprint density at radius 1 is 1.35 bits per heavy atom. The van der Waals surface area contributed by atoms with Crippen molar-refractivity contribution < 1.29 is 9.32 Å². The van der Waals surface area contributed by atoms with Crippen LogP contribution in [-0.4, -0.2) is 56.6 Å². The van der Waals surface area contributed by atoms with Crippen molar-refractivity contribution in [1.82, 2.24) is 30.3 Å². The first-order valence-electron chi connectivity index (χ1n) is 7.85. The second-order valence-corrected chi connectivity index (χ2v) is 5.75. The third kappa shape index (κ3) is 4.10. The molecule has 1 N–H and O–H groups in total. The van der Waals surface area contributed by atoms with Gasteiger partial charge < -0.3 is 14.7 Å². The number of aromatic nitrogens is 4. The minimum Gasteiger partial charge on any atom is -0.344 e. The third-order valence-electron chi connectivity index (χ3n) is 3.77. The summed E-state index contributed by atoms with van der Waals surface area (Å²) in [5, 5.41) is 6.67. The predicted octanol–water partition coefficient (Wildman–Crippen LogP) is 1.13. The standard InChI is InChI=1S/C15H20N6O2/c1-11(10-21-7-3-2-4-8-21)18-14(22)15-19-13(20-23-15)12-9-16-5-6-17-12/h5-6,9,11H,2-4,7-8,10H2,1H3,(H,18,22)/t11-/m0/s1. The van der Waals surface area contributed by atoms with Crippen LogP contribution in [0.3, 0.4) is 0 Å². The van der Waals surface area contributed by atoms with E-state index < -0.39 is 0 Å². The van der Waals surface area contributed by atoms with Gasteiger partial charge in [-0.05, 0) is 32.9 Å². The highest BCUT2D eigenvalue weighted by Gasteiger charge is 2.20. The maximum atomic E-state index is 12.2. The van der Waals surface area contributed by atoms with Crippen molar-refractivity contribution in [1.29, 1.82) is 0 Å². The second-order valence-electron chi connectivity index (χ2n) is 5.75. The quantitative estimate of drug-likeness (QED) is 0.883. The second kappa shape index (κ2) is 7.28. The molecule has 3 rings (SSSR count). The molecule has 2 aromatic heterocycles. The van der Waals surface area contributed by atoms with Gasteiger partial charge in [0.15, 0.2) is 0 Å². The van der Waals surface area contributed by atoms with Crippen molar-refractivity contribution in [2.24, 2.45) is 0 Å². The lowest BCUT2D eigenvalue weighted by Gasteiger charge is -2.29. The van der Waals surface area contributed by atoms with Crippen LogP contribution in [-0.2, 0) is 0 Å². The molecule has 0 bridgehead atoms. The topological polar surface area (TPSA) is 97.0 Å². The van der Waals surface area contributed by atoms with E-state index in [2.05, 4.69) is 30.3 Å². The highest BCUT2D eigenvalue weighted by Crippen LogP contribution is 2.11. The van der Waals surface area contributed by atoms with Gasteiger partial charge in [-0.1, -0.05) is 11.6 Å². The van der Waals surface area contributed by atoms with Crippen LogP contribution in [0, 0.1) is 0 Å². The van der Waals surface area contributed by atoms with Gasteiger partial charge in [-0.15, -0.1) is 0 Å². The molecule has 0 spiro atoms. The molecule has 1 atom stereocenters. The first-order chi connectivity index (χ1) is 11.2. The van der Waals surface area contributed by atoms with Crippen LogP contribution in [0.4, 0.5) is 0 Å². The summed E-state index contributed by atoms with van der Waals surface area (Å²) in [7, 11) is 0. The van der Waals surface area contributed by atoms with E-state index in [4.69, 9.17) is 4.52 Å². The highest BCUT2D eigenvalue weighted by atomic mass is 16.5. The lowest BCUT2D eigenvalue weighted by Crippen LogP contribution is -2.43. The van der Waals surface area contributed by atoms with Crippen LogP contribution in [0.25, 0.3) is 11.5 Å². The number of hydrogen-bond donors (Lipinski definition) is 1. The Morgan fingerprint density at radius 3 is 2.91 bits per heavy atom. The van der Waals surface area contributed by atoms with Gasteiger partial charge in [-0.3, -0.25) is 9.78 Å². The van der Waals surface area contributed by atoms with E-state index in [1.165, 1.54) is 31.7 Å². The number of nitrogens with one attached hydrogen (secondary N) is 1. The van der Waals surface area contributed by atoms with Crippen LogP contribution >= 0.6 is 0 Å². The van der Waals surface area contributed by atoms with Crippen LogP contribution in [0.2, 0.25) is 0 Å². The SMILES string of the molecule is C[C@@H](CN1CCCCC1)NC(=O)c1nc(-c2cnccn2)no1. The molecule has 23 heavy (non-hydrogen) atoms. The van der Waals surface area contributed by atoms with Gasteiger partial charge in [0.2, 0.25) is 5.82 Å². The molecule has 0 aliphatic carbocycles. The van der Waals surface area contributed by atoms with E-state index in [1.807, 2.05) is 6.92 Å². The summed E-state index contributed by atoms with van der Waals surface area (Å²) >= 11 is 0. The number of likely N-dealkylation sites (tertiary alicyclic amines) is 1. The molecular formula is C15H20N6O2. The molecule has 0 saturated carbocycles. The molecule has 122 valence electrons. The smallest absolute Gasteiger partial charge is 0.316 e. The van der Waals surface area contributed by atoms with E-state index >= 15 is 0 Å². The molecular weight excluding hydrogens is 296 g/mol. The Bertz CT molecular complexity index is 638. The Morgan fingerprint density at radius 2 is 2.17 bits per heavy atom. The summed E-state index contributed by atoms with van der Waals surface area (Å²) in [6.07, 6.45) is 8.36. The van der Waals surface area contributed by atoms with E-state index in [9.17, 15) is 4.79 Å². The lowest BCUT2D eigenvalue weighted by atomic mass is 10.1. The normalized spacial score (nSPS) is 16.9. The number of nitrogens with zero attached hydrogens (tertiary/aromatic N) is 5. The summed E-state index contributed by atoms with van der Waals surface area (Å²) < 4.78 is 5.02. The molecule has 0 aromatic carbocycles. The molecule has 8 nitrogen and oxygen atoms in total. The fourth-order valence-corrected chi connectivity index (χ4v) is 2.69. The molecule has 1 fully saturated rings. The number of hydrogen-bond acceptors (Lipinski definition) is 7. The van der Waals surface area contributed by atoms with Gasteiger partial charge >= 0.3 is 11.8 Å². The maximum absolute atomic E-state index is 12.2. The molecule has 8 heteroatoms. The van der Waals surface area contributed by atoms with Gasteiger partial charge in [0, 0.05) is 25.0 Å². The van der Waals surface area contributed by atoms with Crippen molar-refractivity contribution in [3.63, 3.8) is 0 Å². The van der Waals surface area contributed by atoms with Crippen LogP contribution < -0.4 is 5.32 Å². The molecule has 1 amide bonds. The van der Waals surface area contributed by atoms with Gasteiger partial charge in [-0.25, -0.2) is 4.98 Å². The summed E-state index contributed by atoms with van der Waals surface area (Å²) in [4.78, 5) is 26.6. The zero-order valence-electron chi connectivity index (χ0n) is 13.1. The Labute approximate surface area is 134 Å². The van der Waals surface area contributed by atoms with Crippen molar-refractivity contribution in [2.75, 3.05) is 19.6 Å². The lowest BCUT2D eigenvalue weighted by molar-refractivity contribution is 0.0881. The van der Waals surface area contributed by atoms with E-state index in [0.29, 0.717) is 5.69 Å². The molecule has 0 radical (unpaired) electrons. The number of amides is 1. The molecule has 2 aromatic rings. The summed E-state index contributed by atoms with van der Waals surface area (Å²) in [5.74, 6) is -0.166. The van der Waals surface area contributed by atoms with Crippen molar-refractivity contribution >= 4 is 5.91 Å². The number of carbonyl (C=O) groups is 1.